The summed E-state index contributed by atoms with van der Waals surface area (Å²) < 4.78 is 27.0. The third-order valence-electron chi connectivity index (χ3n) is 15.8. The number of para-hydroxylation sites is 6. The van der Waals surface area contributed by atoms with E-state index >= 15 is 0 Å². The van der Waals surface area contributed by atoms with E-state index in [1.165, 1.54) is 0 Å². The lowest BCUT2D eigenvalue weighted by molar-refractivity contribution is 0.669. The van der Waals surface area contributed by atoms with Crippen molar-refractivity contribution in [1.82, 2.24) is 18.7 Å². The summed E-state index contributed by atoms with van der Waals surface area (Å²) in [5.41, 5.74) is 13.4. The molecule has 0 saturated carbocycles. The van der Waals surface area contributed by atoms with Gasteiger partial charge < -0.3 is 27.0 Å². The molecule has 7 heterocycles. The summed E-state index contributed by atoms with van der Waals surface area (Å²) in [5, 5.41) is 11.6. The van der Waals surface area contributed by atoms with Gasteiger partial charge in [0.2, 0.25) is 11.4 Å². The summed E-state index contributed by atoms with van der Waals surface area (Å²) in [6, 6.07) is 66.3. The highest BCUT2D eigenvalue weighted by Gasteiger charge is 2.35. The highest BCUT2D eigenvalue weighted by atomic mass is 16.3. The molecule has 0 aliphatic rings. The van der Waals surface area contributed by atoms with Crippen LogP contribution in [-0.2, 0) is 0 Å². The predicted molar refractivity (Wildman–Crippen MR) is 307 cm³/mol. The first-order valence-corrected chi connectivity index (χ1v) is 25.1. The van der Waals surface area contributed by atoms with Gasteiger partial charge >= 0.3 is 0 Å². The molecule has 0 unspecified atom stereocenters. The van der Waals surface area contributed by atoms with Crippen molar-refractivity contribution < 1.29 is 13.3 Å². The molecule has 17 rings (SSSR count). The van der Waals surface area contributed by atoms with Gasteiger partial charge in [-0.1, -0.05) is 109 Å². The zero-order valence-corrected chi connectivity index (χ0v) is 40.0. The molecular formula is C67H34N6O3. The molecule has 9 nitrogen and oxygen atoms in total. The summed E-state index contributed by atoms with van der Waals surface area (Å²) in [7, 11) is 0. The van der Waals surface area contributed by atoms with Gasteiger partial charge in [0.05, 0.1) is 79.5 Å². The van der Waals surface area contributed by atoms with Gasteiger partial charge in [-0.05, 0) is 90.5 Å². The van der Waals surface area contributed by atoms with Crippen molar-refractivity contribution in [1.29, 1.82) is 0 Å². The van der Waals surface area contributed by atoms with E-state index in [1.807, 2.05) is 91.3 Å². The average Bonchev–Trinajstić information content (AvgIpc) is 4.41. The van der Waals surface area contributed by atoms with Crippen LogP contribution in [0.5, 0.6) is 0 Å². The van der Waals surface area contributed by atoms with Crippen LogP contribution in [0, 0.1) is 13.1 Å². The van der Waals surface area contributed by atoms with Gasteiger partial charge in [-0.25, -0.2) is 9.69 Å². The normalized spacial score (nSPS) is 12.2. The van der Waals surface area contributed by atoms with Crippen LogP contribution >= 0.6 is 0 Å². The Balaban J connectivity index is 1.22. The minimum Gasteiger partial charge on any atom is -0.456 e. The maximum atomic E-state index is 9.70. The van der Waals surface area contributed by atoms with Crippen LogP contribution in [0.15, 0.2) is 220 Å². The number of rotatable bonds is 4. The molecule has 0 radical (unpaired) electrons. The fourth-order valence-electron chi connectivity index (χ4n) is 12.8. The molecule has 7 aromatic heterocycles. The molecule has 0 amide bonds. The van der Waals surface area contributed by atoms with Crippen molar-refractivity contribution in [2.45, 2.75) is 0 Å². The minimum absolute atomic E-state index is 0.190. The van der Waals surface area contributed by atoms with E-state index in [0.717, 1.165) is 131 Å². The first-order chi connectivity index (χ1) is 37.7. The van der Waals surface area contributed by atoms with Crippen molar-refractivity contribution in [3.05, 3.63) is 229 Å². The van der Waals surface area contributed by atoms with Gasteiger partial charge in [-0.3, -0.25) is 4.98 Å². The molecular weight excluding hydrogens is 937 g/mol. The monoisotopic (exact) mass is 970 g/mol. The summed E-state index contributed by atoms with van der Waals surface area (Å²) >= 11 is 0. The maximum absolute atomic E-state index is 9.70. The van der Waals surface area contributed by atoms with Gasteiger partial charge in [-0.15, -0.1) is 0 Å². The van der Waals surface area contributed by atoms with Crippen molar-refractivity contribution in [3.63, 3.8) is 0 Å². The Bertz CT molecular complexity index is 5510. The van der Waals surface area contributed by atoms with Crippen molar-refractivity contribution in [2.24, 2.45) is 0 Å². The van der Waals surface area contributed by atoms with E-state index in [9.17, 15) is 13.1 Å². The van der Waals surface area contributed by atoms with E-state index in [-0.39, 0.29) is 11.4 Å². The number of pyridine rings is 1. The number of hydrogen-bond acceptors (Lipinski definition) is 4. The number of aromatic nitrogens is 4. The summed E-state index contributed by atoms with van der Waals surface area (Å²) in [6.45, 7) is 19.3. The fraction of sp³-hybridized carbons (Fsp3) is 0. The van der Waals surface area contributed by atoms with Crippen LogP contribution in [0.4, 0.5) is 11.4 Å². The standard InChI is InChI=1S/C67H34N6O3/c1-68-60-61(69-2)67(73-49-23-11-5-17-40(49)43-29-32-55-59(64(43)73)46-20-8-14-26-52(46)76-55)66(72-48-22-10-4-16-39(48)42-28-31-54-58(63(42)72)45-19-7-13-25-51(45)75-54)56(37-33-35-70-36-34-37)65(60)71-47-21-9-3-15-38(47)41-27-30-53-57(62(41)71)44-18-6-12-24-50(44)74-53/h3-36H. The fourth-order valence-corrected chi connectivity index (χ4v) is 12.8. The molecule has 0 N–H and O–H groups in total. The van der Waals surface area contributed by atoms with Crippen molar-refractivity contribution in [3.8, 4) is 28.2 Å². The molecule has 0 aliphatic heterocycles. The summed E-state index contributed by atoms with van der Waals surface area (Å²) in [4.78, 5) is 13.9. The summed E-state index contributed by atoms with van der Waals surface area (Å²) in [5.74, 6) is 0. The second-order valence-electron chi connectivity index (χ2n) is 19.4. The van der Waals surface area contributed by atoms with Crippen LogP contribution in [0.1, 0.15) is 0 Å². The van der Waals surface area contributed by atoms with Gasteiger partial charge in [0.15, 0.2) is 0 Å². The van der Waals surface area contributed by atoms with Crippen LogP contribution in [-0.4, -0.2) is 18.7 Å². The molecule has 0 saturated heterocycles. The Morgan fingerprint density at radius 2 is 0.658 bits per heavy atom. The molecule has 0 spiro atoms. The zero-order chi connectivity index (χ0) is 49.9. The number of furan rings is 3. The van der Waals surface area contributed by atoms with E-state index in [0.29, 0.717) is 28.2 Å². The van der Waals surface area contributed by atoms with Gasteiger partial charge in [0.1, 0.15) is 33.5 Å². The van der Waals surface area contributed by atoms with Crippen LogP contribution in [0.3, 0.4) is 0 Å². The topological polar surface area (TPSA) is 75.8 Å². The van der Waals surface area contributed by atoms with E-state index in [2.05, 4.69) is 144 Å². The zero-order valence-electron chi connectivity index (χ0n) is 40.0. The number of benzene rings is 10. The highest BCUT2D eigenvalue weighted by molar-refractivity contribution is 6.29. The Kier molecular flexibility index (Phi) is 7.96. The minimum atomic E-state index is 0.190. The number of hydrogen-bond donors (Lipinski definition) is 0. The van der Waals surface area contributed by atoms with Crippen LogP contribution in [0.2, 0.25) is 0 Å². The van der Waals surface area contributed by atoms with Gasteiger partial charge in [0, 0.05) is 66.4 Å². The second kappa shape index (κ2) is 14.9. The molecule has 0 fully saturated rings. The lowest BCUT2D eigenvalue weighted by atomic mass is 9.96. The summed E-state index contributed by atoms with van der Waals surface area (Å²) in [6.07, 6.45) is 3.62. The van der Waals surface area contributed by atoms with E-state index < -0.39 is 0 Å². The maximum Gasteiger partial charge on any atom is 0.222 e. The molecule has 0 aliphatic carbocycles. The Labute approximate surface area is 430 Å². The molecule has 17 aromatic rings. The predicted octanol–water partition coefficient (Wildman–Crippen LogP) is 18.8. The Morgan fingerprint density at radius 1 is 0.316 bits per heavy atom. The molecule has 76 heavy (non-hydrogen) atoms. The van der Waals surface area contributed by atoms with Gasteiger partial charge in [-0.2, -0.15) is 0 Å². The van der Waals surface area contributed by atoms with E-state index in [4.69, 9.17) is 13.3 Å². The molecule has 0 bridgehead atoms. The number of nitrogens with zero attached hydrogens (tertiary/aromatic N) is 6. The second-order valence-corrected chi connectivity index (χ2v) is 19.4. The first kappa shape index (κ1) is 40.7. The van der Waals surface area contributed by atoms with Crippen LogP contribution < -0.4 is 0 Å². The van der Waals surface area contributed by atoms with Crippen molar-refractivity contribution >= 4 is 143 Å². The number of fused-ring (bicyclic) bond motifs is 21. The lowest BCUT2D eigenvalue weighted by Crippen LogP contribution is -2.10. The molecule has 350 valence electrons. The quantitative estimate of drug-likeness (QED) is 0.165. The largest absolute Gasteiger partial charge is 0.456 e. The molecule has 0 atom stereocenters. The third-order valence-corrected chi connectivity index (χ3v) is 15.8. The Hall–Kier alpha value is -10.9. The van der Waals surface area contributed by atoms with Crippen molar-refractivity contribution in [2.75, 3.05) is 0 Å². The SMILES string of the molecule is [C-]#[N+]c1c([N+]#[C-])c(-n2c3ccccc3c3ccc4oc5ccccc5c4c32)c(-n2c3ccccc3c3ccc4oc5ccccc5c4c32)c(-c2ccncc2)c1-n1c2ccccc2c2ccc3oc4ccccc4c3c21. The molecule has 9 heteroatoms. The average molecular weight is 971 g/mol. The van der Waals surface area contributed by atoms with Crippen LogP contribution in [0.25, 0.3) is 169 Å². The Morgan fingerprint density at radius 3 is 1.07 bits per heavy atom. The first-order valence-electron chi connectivity index (χ1n) is 25.1. The lowest BCUT2D eigenvalue weighted by Gasteiger charge is -2.27. The van der Waals surface area contributed by atoms with Gasteiger partial charge in [0.25, 0.3) is 0 Å². The highest BCUT2D eigenvalue weighted by Crippen LogP contribution is 2.57. The van der Waals surface area contributed by atoms with E-state index in [1.54, 1.807) is 0 Å². The smallest absolute Gasteiger partial charge is 0.222 e. The third kappa shape index (κ3) is 5.12. The molecule has 10 aromatic carbocycles.